The van der Waals surface area contributed by atoms with E-state index in [0.29, 0.717) is 42.6 Å². The van der Waals surface area contributed by atoms with Crippen LogP contribution in [0, 0.1) is 22.9 Å². The van der Waals surface area contributed by atoms with E-state index in [1.54, 1.807) is 18.3 Å². The standard InChI is InChI=1S/C34H26FN3O6/c1-21-16-23(18-24(35)17-21)30-20-36-31-11-6-22(19-29(31)33(30)37-14-12-26(39)13-15-37)28-4-2-3-5-32(28)44-34(40)43-27-9-7-25(8-10-27)38(41)42/h2-11,16-20H,12-15H2,1H3. The normalized spacial score (nSPS) is 13.1. The zero-order valence-corrected chi connectivity index (χ0v) is 23.7. The average Bonchev–Trinajstić information content (AvgIpc) is 3.01. The number of piperidine rings is 1. The van der Waals surface area contributed by atoms with Gasteiger partial charge >= 0.3 is 6.16 Å². The fourth-order valence-corrected chi connectivity index (χ4v) is 5.41. The highest BCUT2D eigenvalue weighted by Crippen LogP contribution is 2.41. The number of ketones is 1. The molecule has 1 aliphatic heterocycles. The lowest BCUT2D eigenvalue weighted by Crippen LogP contribution is -2.34. The smallest absolute Gasteiger partial charge is 0.395 e. The summed E-state index contributed by atoms with van der Waals surface area (Å²) in [6.07, 6.45) is 1.57. The van der Waals surface area contributed by atoms with E-state index < -0.39 is 11.1 Å². The molecule has 0 radical (unpaired) electrons. The van der Waals surface area contributed by atoms with Gasteiger partial charge in [0, 0.05) is 60.8 Å². The predicted octanol–water partition coefficient (Wildman–Crippen LogP) is 7.67. The van der Waals surface area contributed by atoms with Gasteiger partial charge in [0.2, 0.25) is 0 Å². The Morgan fingerprint density at radius 3 is 2.39 bits per heavy atom. The van der Waals surface area contributed by atoms with Crippen LogP contribution in [0.1, 0.15) is 18.4 Å². The highest BCUT2D eigenvalue weighted by molar-refractivity contribution is 6.02. The van der Waals surface area contributed by atoms with Crippen LogP contribution in [-0.4, -0.2) is 34.9 Å². The second-order valence-electron chi connectivity index (χ2n) is 10.5. The van der Waals surface area contributed by atoms with E-state index in [2.05, 4.69) is 4.90 Å². The molecule has 10 heteroatoms. The molecular formula is C34H26FN3O6. The van der Waals surface area contributed by atoms with Crippen molar-refractivity contribution in [2.24, 2.45) is 0 Å². The number of pyridine rings is 1. The Kier molecular flexibility index (Phi) is 7.72. The molecule has 1 saturated heterocycles. The molecule has 2 heterocycles. The van der Waals surface area contributed by atoms with Gasteiger partial charge in [0.15, 0.2) is 0 Å². The molecule has 0 atom stereocenters. The van der Waals surface area contributed by atoms with Crippen LogP contribution in [0.15, 0.2) is 91.1 Å². The average molecular weight is 592 g/mol. The van der Waals surface area contributed by atoms with Crippen molar-refractivity contribution in [3.63, 3.8) is 0 Å². The van der Waals surface area contributed by atoms with Crippen LogP contribution in [0.5, 0.6) is 11.5 Å². The number of carbonyl (C=O) groups excluding carboxylic acids is 2. The van der Waals surface area contributed by atoms with Crippen LogP contribution in [-0.2, 0) is 4.79 Å². The van der Waals surface area contributed by atoms with Gasteiger partial charge in [0.25, 0.3) is 5.69 Å². The Balaban J connectivity index is 1.39. The number of ether oxygens (including phenoxy) is 2. The van der Waals surface area contributed by atoms with Gasteiger partial charge in [-0.2, -0.15) is 0 Å². The molecule has 0 amide bonds. The Morgan fingerprint density at radius 2 is 1.66 bits per heavy atom. The summed E-state index contributed by atoms with van der Waals surface area (Å²) < 4.78 is 25.3. The van der Waals surface area contributed by atoms with Crippen molar-refractivity contribution in [2.75, 3.05) is 18.0 Å². The van der Waals surface area contributed by atoms with Crippen LogP contribution in [0.2, 0.25) is 0 Å². The molecule has 0 spiro atoms. The first-order valence-corrected chi connectivity index (χ1v) is 14.0. The number of anilines is 1. The number of Topliss-reactive ketones (excluding diaryl/α,β-unsaturated/α-hetero) is 1. The highest BCUT2D eigenvalue weighted by atomic mass is 19.1. The summed E-state index contributed by atoms with van der Waals surface area (Å²) in [6, 6.07) is 22.6. The van der Waals surface area contributed by atoms with Crippen molar-refractivity contribution >= 4 is 34.2 Å². The van der Waals surface area contributed by atoms with Crippen molar-refractivity contribution in [3.05, 3.63) is 113 Å². The first kappa shape index (κ1) is 28.5. The number of hydrogen-bond acceptors (Lipinski definition) is 8. The van der Waals surface area contributed by atoms with Gasteiger partial charge in [-0.3, -0.25) is 19.9 Å². The lowest BCUT2D eigenvalue weighted by molar-refractivity contribution is -0.384. The highest BCUT2D eigenvalue weighted by Gasteiger charge is 2.23. The van der Waals surface area contributed by atoms with Crippen molar-refractivity contribution in [1.82, 2.24) is 4.98 Å². The van der Waals surface area contributed by atoms with Crippen molar-refractivity contribution in [3.8, 4) is 33.8 Å². The predicted molar refractivity (Wildman–Crippen MR) is 164 cm³/mol. The molecule has 4 aromatic carbocycles. The fraction of sp³-hybridized carbons (Fsp3) is 0.147. The first-order chi connectivity index (χ1) is 21.2. The molecule has 9 nitrogen and oxygen atoms in total. The molecule has 0 aliphatic carbocycles. The summed E-state index contributed by atoms with van der Waals surface area (Å²) in [6.45, 7) is 2.89. The molecule has 44 heavy (non-hydrogen) atoms. The molecule has 1 aromatic heterocycles. The topological polar surface area (TPSA) is 112 Å². The minimum Gasteiger partial charge on any atom is -0.395 e. The number of non-ortho nitro benzene ring substituents is 1. The number of nitrogens with zero attached hydrogens (tertiary/aromatic N) is 3. The number of halogens is 1. The summed E-state index contributed by atoms with van der Waals surface area (Å²) in [5.74, 6) is 0.198. The molecule has 0 N–H and O–H groups in total. The number of aromatic nitrogens is 1. The molecule has 0 unspecified atom stereocenters. The van der Waals surface area contributed by atoms with Crippen LogP contribution < -0.4 is 14.4 Å². The molecule has 6 rings (SSSR count). The minimum atomic E-state index is -1.00. The van der Waals surface area contributed by atoms with Gasteiger partial charge in [0.1, 0.15) is 23.1 Å². The zero-order chi connectivity index (χ0) is 30.8. The molecule has 220 valence electrons. The summed E-state index contributed by atoms with van der Waals surface area (Å²) >= 11 is 0. The van der Waals surface area contributed by atoms with Gasteiger partial charge in [-0.1, -0.05) is 30.3 Å². The first-order valence-electron chi connectivity index (χ1n) is 14.0. The number of nitro benzene ring substituents is 1. The summed E-state index contributed by atoms with van der Waals surface area (Å²) in [7, 11) is 0. The molecule has 1 fully saturated rings. The number of hydrogen-bond donors (Lipinski definition) is 0. The summed E-state index contributed by atoms with van der Waals surface area (Å²) in [4.78, 5) is 42.0. The van der Waals surface area contributed by atoms with Gasteiger partial charge in [-0.05, 0) is 66.1 Å². The lowest BCUT2D eigenvalue weighted by Gasteiger charge is -2.31. The Labute approximate surface area is 251 Å². The van der Waals surface area contributed by atoms with Gasteiger partial charge in [-0.15, -0.1) is 0 Å². The number of para-hydroxylation sites is 1. The Morgan fingerprint density at radius 1 is 0.909 bits per heavy atom. The largest absolute Gasteiger partial charge is 0.519 e. The molecule has 0 bridgehead atoms. The number of carbonyl (C=O) groups is 2. The van der Waals surface area contributed by atoms with E-state index in [1.165, 1.54) is 36.4 Å². The maximum atomic E-state index is 14.5. The number of rotatable bonds is 6. The molecule has 1 aliphatic rings. The van der Waals surface area contributed by atoms with E-state index >= 15 is 0 Å². The molecular weight excluding hydrogens is 565 g/mol. The third kappa shape index (κ3) is 5.96. The second-order valence-corrected chi connectivity index (χ2v) is 10.5. The van der Waals surface area contributed by atoms with Crippen LogP contribution in [0.3, 0.4) is 0 Å². The third-order valence-corrected chi connectivity index (χ3v) is 7.47. The lowest BCUT2D eigenvalue weighted by atomic mass is 9.96. The maximum absolute atomic E-state index is 14.5. The maximum Gasteiger partial charge on any atom is 0.519 e. The quantitative estimate of drug-likeness (QED) is 0.0856. The van der Waals surface area contributed by atoms with Gasteiger partial charge in [-0.25, -0.2) is 9.18 Å². The number of fused-ring (bicyclic) bond motifs is 1. The summed E-state index contributed by atoms with van der Waals surface area (Å²) in [5.41, 5.74) is 5.00. The number of benzene rings is 4. The van der Waals surface area contributed by atoms with Crippen LogP contribution >= 0.6 is 0 Å². The Bertz CT molecular complexity index is 1900. The molecule has 0 saturated carbocycles. The third-order valence-electron chi connectivity index (χ3n) is 7.47. The van der Waals surface area contributed by atoms with Crippen LogP contribution in [0.25, 0.3) is 33.2 Å². The monoisotopic (exact) mass is 591 g/mol. The summed E-state index contributed by atoms with van der Waals surface area (Å²) in [5, 5.41) is 11.7. The van der Waals surface area contributed by atoms with Crippen LogP contribution in [0.4, 0.5) is 20.6 Å². The zero-order valence-electron chi connectivity index (χ0n) is 23.7. The fourth-order valence-electron chi connectivity index (χ4n) is 5.41. The van der Waals surface area contributed by atoms with Crippen molar-refractivity contribution < 1.29 is 28.4 Å². The SMILES string of the molecule is Cc1cc(F)cc(-c2cnc3ccc(-c4ccccc4OC(=O)Oc4ccc([N+](=O)[O-])cc4)cc3c2N2CCC(=O)CC2)c1. The molecule has 5 aromatic rings. The van der Waals surface area contributed by atoms with Crippen molar-refractivity contribution in [1.29, 1.82) is 0 Å². The van der Waals surface area contributed by atoms with Gasteiger partial charge in [0.05, 0.1) is 16.1 Å². The van der Waals surface area contributed by atoms with E-state index in [1.807, 2.05) is 43.3 Å². The van der Waals surface area contributed by atoms with E-state index in [-0.39, 0.29) is 28.8 Å². The van der Waals surface area contributed by atoms with E-state index in [9.17, 15) is 24.1 Å². The minimum absolute atomic E-state index is 0.0969. The number of aryl methyl sites for hydroxylation is 1. The van der Waals surface area contributed by atoms with E-state index in [4.69, 9.17) is 14.5 Å². The van der Waals surface area contributed by atoms with E-state index in [0.717, 1.165) is 27.8 Å². The van der Waals surface area contributed by atoms with Gasteiger partial charge < -0.3 is 14.4 Å². The van der Waals surface area contributed by atoms with Crippen molar-refractivity contribution in [2.45, 2.75) is 19.8 Å². The number of nitro groups is 1. The second kappa shape index (κ2) is 11.9. The Hall–Kier alpha value is -5.64.